The highest BCUT2D eigenvalue weighted by Gasteiger charge is 1.97. The van der Waals surface area contributed by atoms with E-state index in [9.17, 15) is 4.79 Å². The van der Waals surface area contributed by atoms with Gasteiger partial charge < -0.3 is 4.74 Å². The molecule has 0 bridgehead atoms. The molecule has 2 nitrogen and oxygen atoms in total. The minimum absolute atomic E-state index is 0.0204. The van der Waals surface area contributed by atoms with Gasteiger partial charge >= 0.3 is 5.97 Å². The van der Waals surface area contributed by atoms with Gasteiger partial charge in [0.1, 0.15) is 0 Å². The highest BCUT2D eigenvalue weighted by molar-refractivity contribution is 7.11. The molecule has 0 aliphatic heterocycles. The maximum atomic E-state index is 11.0. The summed E-state index contributed by atoms with van der Waals surface area (Å²) in [4.78, 5) is 12.1. The normalized spacial score (nSPS) is 10.0. The van der Waals surface area contributed by atoms with Gasteiger partial charge in [0.15, 0.2) is 6.61 Å². The number of aryl methyl sites for hydroxylation is 1. The third-order valence-corrected chi connectivity index (χ3v) is 2.55. The van der Waals surface area contributed by atoms with Crippen LogP contribution in [0.5, 0.6) is 0 Å². The molecule has 3 heteroatoms. The first-order valence-electron chi connectivity index (χ1n) is 4.06. The average molecular weight is 206 g/mol. The van der Waals surface area contributed by atoms with E-state index < -0.39 is 5.97 Å². The van der Waals surface area contributed by atoms with Crippen LogP contribution < -0.4 is 0 Å². The molecule has 0 fully saturated rings. The second-order valence-corrected chi connectivity index (χ2v) is 3.56. The Hall–Kier alpha value is -1.53. The van der Waals surface area contributed by atoms with E-state index in [1.807, 2.05) is 18.4 Å². The zero-order chi connectivity index (χ0) is 10.4. The van der Waals surface area contributed by atoms with Crippen molar-refractivity contribution in [1.29, 1.82) is 0 Å². The van der Waals surface area contributed by atoms with Crippen molar-refractivity contribution < 1.29 is 9.53 Å². The van der Waals surface area contributed by atoms with Crippen molar-refractivity contribution in [3.8, 4) is 12.3 Å². The standard InChI is InChI=1S/C11H10O2S/c1-3-7-13-11(12)5-4-10-9(2)6-8-14-10/h1,4-6,8H,7H2,2H3/b5-4+. The largest absolute Gasteiger partial charge is 0.449 e. The third-order valence-electron chi connectivity index (χ3n) is 1.57. The molecule has 1 heterocycles. The van der Waals surface area contributed by atoms with Crippen LogP contribution in [0, 0.1) is 19.3 Å². The van der Waals surface area contributed by atoms with E-state index in [1.165, 1.54) is 6.08 Å². The third kappa shape index (κ3) is 3.08. The van der Waals surface area contributed by atoms with Gasteiger partial charge in [-0.3, -0.25) is 0 Å². The highest BCUT2D eigenvalue weighted by Crippen LogP contribution is 2.16. The summed E-state index contributed by atoms with van der Waals surface area (Å²) in [5, 5.41) is 1.97. The molecule has 0 amide bonds. The fourth-order valence-electron chi connectivity index (χ4n) is 0.860. The minimum atomic E-state index is -0.407. The van der Waals surface area contributed by atoms with E-state index in [1.54, 1.807) is 17.4 Å². The van der Waals surface area contributed by atoms with E-state index in [-0.39, 0.29) is 6.61 Å². The van der Waals surface area contributed by atoms with Crippen LogP contribution in [0.3, 0.4) is 0 Å². The van der Waals surface area contributed by atoms with Crippen LogP contribution >= 0.6 is 11.3 Å². The molecular weight excluding hydrogens is 196 g/mol. The Morgan fingerprint density at radius 2 is 2.57 bits per heavy atom. The lowest BCUT2D eigenvalue weighted by atomic mass is 10.3. The van der Waals surface area contributed by atoms with Crippen LogP contribution in [0.1, 0.15) is 10.4 Å². The van der Waals surface area contributed by atoms with Gasteiger partial charge in [0.2, 0.25) is 0 Å². The van der Waals surface area contributed by atoms with E-state index in [0.717, 1.165) is 10.4 Å². The summed E-state index contributed by atoms with van der Waals surface area (Å²) in [6.07, 6.45) is 8.06. The Morgan fingerprint density at radius 1 is 1.79 bits per heavy atom. The molecule has 0 spiro atoms. The summed E-state index contributed by atoms with van der Waals surface area (Å²) in [5.74, 6) is 1.82. The van der Waals surface area contributed by atoms with Crippen LogP contribution in [-0.4, -0.2) is 12.6 Å². The molecule has 1 aromatic heterocycles. The number of esters is 1. The van der Waals surface area contributed by atoms with Gasteiger partial charge in [0, 0.05) is 11.0 Å². The molecule has 0 aliphatic rings. The Bertz CT molecular complexity index is 382. The average Bonchev–Trinajstić information content (AvgIpc) is 2.58. The Labute approximate surface area is 87.2 Å². The molecule has 0 saturated heterocycles. The van der Waals surface area contributed by atoms with E-state index >= 15 is 0 Å². The second kappa shape index (κ2) is 5.25. The van der Waals surface area contributed by atoms with Crippen LogP contribution in [0.15, 0.2) is 17.5 Å². The summed E-state index contributed by atoms with van der Waals surface area (Å²) in [5.41, 5.74) is 1.15. The summed E-state index contributed by atoms with van der Waals surface area (Å²) >= 11 is 1.58. The summed E-state index contributed by atoms with van der Waals surface area (Å²) in [6, 6.07) is 2.00. The molecule has 14 heavy (non-hydrogen) atoms. The number of hydrogen-bond donors (Lipinski definition) is 0. The molecule has 0 unspecified atom stereocenters. The van der Waals surface area contributed by atoms with Crippen LogP contribution in [0.2, 0.25) is 0 Å². The summed E-state index contributed by atoms with van der Waals surface area (Å²) in [6.45, 7) is 2.01. The van der Waals surface area contributed by atoms with Crippen molar-refractivity contribution >= 4 is 23.4 Å². The fraction of sp³-hybridized carbons (Fsp3) is 0.182. The first kappa shape index (κ1) is 10.6. The van der Waals surface area contributed by atoms with Crippen molar-refractivity contribution in [1.82, 2.24) is 0 Å². The van der Waals surface area contributed by atoms with Crippen molar-refractivity contribution in [2.45, 2.75) is 6.92 Å². The molecule has 0 aromatic carbocycles. The van der Waals surface area contributed by atoms with Gasteiger partial charge in [-0.05, 0) is 30.0 Å². The quantitative estimate of drug-likeness (QED) is 0.431. The molecule has 72 valence electrons. The number of terminal acetylenes is 1. The predicted octanol–water partition coefficient (Wildman–Crippen LogP) is 2.25. The number of ether oxygens (including phenoxy) is 1. The van der Waals surface area contributed by atoms with Gasteiger partial charge in [0.25, 0.3) is 0 Å². The monoisotopic (exact) mass is 206 g/mol. The lowest BCUT2D eigenvalue weighted by molar-refractivity contribution is -0.136. The molecule has 0 atom stereocenters. The first-order chi connectivity index (χ1) is 6.74. The van der Waals surface area contributed by atoms with Crippen molar-refractivity contribution in [2.75, 3.05) is 6.61 Å². The second-order valence-electron chi connectivity index (χ2n) is 2.61. The SMILES string of the molecule is C#CCOC(=O)/C=C/c1sccc1C. The smallest absolute Gasteiger partial charge is 0.331 e. The molecule has 0 aliphatic carbocycles. The Kier molecular flexibility index (Phi) is 3.96. The van der Waals surface area contributed by atoms with Gasteiger partial charge in [-0.2, -0.15) is 0 Å². The molecular formula is C11H10O2S. The molecule has 1 rings (SSSR count). The van der Waals surface area contributed by atoms with Gasteiger partial charge in [-0.25, -0.2) is 4.79 Å². The molecule has 0 saturated carbocycles. The zero-order valence-corrected chi connectivity index (χ0v) is 8.64. The number of carbonyl (C=O) groups excluding carboxylic acids is 1. The molecule has 1 aromatic rings. The van der Waals surface area contributed by atoms with Crippen LogP contribution in [0.4, 0.5) is 0 Å². The van der Waals surface area contributed by atoms with Gasteiger partial charge in [0.05, 0.1) is 0 Å². The Morgan fingerprint density at radius 3 is 3.14 bits per heavy atom. The predicted molar refractivity (Wildman–Crippen MR) is 57.9 cm³/mol. The van der Waals surface area contributed by atoms with E-state index in [4.69, 9.17) is 6.42 Å². The van der Waals surface area contributed by atoms with Crippen molar-refractivity contribution in [3.05, 3.63) is 28.0 Å². The number of hydrogen-bond acceptors (Lipinski definition) is 3. The zero-order valence-electron chi connectivity index (χ0n) is 7.82. The van der Waals surface area contributed by atoms with Crippen LogP contribution in [-0.2, 0) is 9.53 Å². The number of thiophene rings is 1. The summed E-state index contributed by atoms with van der Waals surface area (Å²) in [7, 11) is 0. The van der Waals surface area contributed by atoms with Gasteiger partial charge in [-0.15, -0.1) is 17.8 Å². The maximum absolute atomic E-state index is 11.0. The number of rotatable bonds is 3. The van der Waals surface area contributed by atoms with Crippen molar-refractivity contribution in [3.63, 3.8) is 0 Å². The lowest BCUT2D eigenvalue weighted by Crippen LogP contribution is -1.99. The fourth-order valence-corrected chi connectivity index (χ4v) is 1.68. The number of carbonyl (C=O) groups is 1. The molecule has 0 N–H and O–H groups in total. The first-order valence-corrected chi connectivity index (χ1v) is 4.94. The maximum Gasteiger partial charge on any atom is 0.331 e. The summed E-state index contributed by atoms with van der Waals surface area (Å²) < 4.78 is 4.67. The Balaban J connectivity index is 2.53. The van der Waals surface area contributed by atoms with E-state index in [0.29, 0.717) is 0 Å². The highest BCUT2D eigenvalue weighted by atomic mass is 32.1. The lowest BCUT2D eigenvalue weighted by Gasteiger charge is -1.93. The minimum Gasteiger partial charge on any atom is -0.449 e. The van der Waals surface area contributed by atoms with E-state index in [2.05, 4.69) is 10.7 Å². The van der Waals surface area contributed by atoms with Gasteiger partial charge in [-0.1, -0.05) is 5.92 Å². The topological polar surface area (TPSA) is 26.3 Å². The van der Waals surface area contributed by atoms with Crippen molar-refractivity contribution in [2.24, 2.45) is 0 Å². The van der Waals surface area contributed by atoms with Crippen LogP contribution in [0.25, 0.3) is 6.08 Å². The molecule has 0 radical (unpaired) electrons.